The first-order valence-electron chi connectivity index (χ1n) is 9.18. The van der Waals surface area contributed by atoms with Crippen LogP contribution in [0.3, 0.4) is 0 Å². The smallest absolute Gasteiger partial charge is 0.281 e. The number of carbonyl (C=O) groups is 1. The fourth-order valence-electron chi connectivity index (χ4n) is 3.17. The Morgan fingerprint density at radius 3 is 2.68 bits per heavy atom. The number of hydrogen-bond acceptors (Lipinski definition) is 5. The molecular formula is C20H24FN3O4. The number of fused-ring (bicyclic) bond motifs is 1. The summed E-state index contributed by atoms with van der Waals surface area (Å²) in [6.07, 6.45) is 0.423. The van der Waals surface area contributed by atoms with Gasteiger partial charge in [-0.25, -0.2) is 9.45 Å². The van der Waals surface area contributed by atoms with E-state index < -0.39 is 11.7 Å². The highest BCUT2D eigenvalue weighted by molar-refractivity contribution is 6.01. The number of amides is 1. The summed E-state index contributed by atoms with van der Waals surface area (Å²) in [5.41, 5.74) is 1.58. The van der Waals surface area contributed by atoms with Crippen molar-refractivity contribution in [1.29, 1.82) is 0 Å². The van der Waals surface area contributed by atoms with E-state index in [-0.39, 0.29) is 48.3 Å². The standard InChI is InChI=1S/C20H24FN3O4/c1-12(2)13-4-5-16(15(21)10-13)22-19-18-14(11-17(26)23(19)3)6-7-24(20(18)27)28-9-8-25/h4-5,10-12,22,25H,6-9H2,1-3H3. The van der Waals surface area contributed by atoms with Crippen molar-refractivity contribution >= 4 is 17.4 Å². The molecule has 0 spiro atoms. The maximum Gasteiger partial charge on any atom is 0.281 e. The maximum absolute atomic E-state index is 14.6. The number of carbonyl (C=O) groups excluding carboxylic acids is 1. The highest BCUT2D eigenvalue weighted by atomic mass is 19.1. The molecule has 0 bridgehead atoms. The van der Waals surface area contributed by atoms with Gasteiger partial charge in [0.05, 0.1) is 31.0 Å². The van der Waals surface area contributed by atoms with Crippen LogP contribution < -0.4 is 10.9 Å². The Hall–Kier alpha value is -2.71. The first-order valence-corrected chi connectivity index (χ1v) is 9.18. The number of pyridine rings is 1. The summed E-state index contributed by atoms with van der Waals surface area (Å²) in [5, 5.41) is 13.0. The molecule has 0 aliphatic carbocycles. The van der Waals surface area contributed by atoms with E-state index in [0.717, 1.165) is 10.6 Å². The van der Waals surface area contributed by atoms with Gasteiger partial charge in [0.15, 0.2) is 0 Å². The van der Waals surface area contributed by atoms with E-state index in [9.17, 15) is 14.0 Å². The zero-order valence-corrected chi connectivity index (χ0v) is 16.2. The predicted octanol–water partition coefficient (Wildman–Crippen LogP) is 2.31. The molecule has 0 atom stereocenters. The van der Waals surface area contributed by atoms with Crippen LogP contribution in [0.4, 0.5) is 15.9 Å². The van der Waals surface area contributed by atoms with Crippen molar-refractivity contribution in [2.24, 2.45) is 7.05 Å². The van der Waals surface area contributed by atoms with Crippen LogP contribution in [0, 0.1) is 5.82 Å². The van der Waals surface area contributed by atoms with Crippen LogP contribution in [0.1, 0.15) is 41.3 Å². The lowest BCUT2D eigenvalue weighted by atomic mass is 10.0. The average Bonchev–Trinajstić information content (AvgIpc) is 2.66. The van der Waals surface area contributed by atoms with Gasteiger partial charge in [-0.15, -0.1) is 0 Å². The first kappa shape index (κ1) is 20.0. The summed E-state index contributed by atoms with van der Waals surface area (Å²) in [6, 6.07) is 6.27. The van der Waals surface area contributed by atoms with Crippen LogP contribution in [-0.2, 0) is 18.3 Å². The molecule has 1 aromatic heterocycles. The fraction of sp³-hybridized carbons (Fsp3) is 0.400. The molecule has 8 heteroatoms. The lowest BCUT2D eigenvalue weighted by molar-refractivity contribution is -0.132. The Labute approximate surface area is 162 Å². The Morgan fingerprint density at radius 1 is 1.29 bits per heavy atom. The molecule has 1 aliphatic rings. The number of hydrogen-bond donors (Lipinski definition) is 2. The lowest BCUT2D eigenvalue weighted by Crippen LogP contribution is -2.40. The fourth-order valence-corrected chi connectivity index (χ4v) is 3.17. The minimum atomic E-state index is -0.465. The number of aromatic nitrogens is 1. The van der Waals surface area contributed by atoms with E-state index in [4.69, 9.17) is 9.94 Å². The molecular weight excluding hydrogens is 365 g/mol. The van der Waals surface area contributed by atoms with Crippen molar-refractivity contribution in [2.45, 2.75) is 26.2 Å². The van der Waals surface area contributed by atoms with Crippen molar-refractivity contribution in [2.75, 3.05) is 25.1 Å². The normalized spacial score (nSPS) is 13.8. The molecule has 150 valence electrons. The van der Waals surface area contributed by atoms with Gasteiger partial charge in [0.2, 0.25) is 0 Å². The van der Waals surface area contributed by atoms with Crippen LogP contribution in [0.15, 0.2) is 29.1 Å². The third kappa shape index (κ3) is 3.79. The topological polar surface area (TPSA) is 83.8 Å². The minimum Gasteiger partial charge on any atom is -0.394 e. The van der Waals surface area contributed by atoms with E-state index in [1.807, 2.05) is 19.9 Å². The number of aliphatic hydroxyl groups excluding tert-OH is 1. The Morgan fingerprint density at radius 2 is 2.04 bits per heavy atom. The second-order valence-corrected chi connectivity index (χ2v) is 7.02. The van der Waals surface area contributed by atoms with Gasteiger partial charge in [0, 0.05) is 13.1 Å². The number of benzene rings is 1. The summed E-state index contributed by atoms with van der Waals surface area (Å²) in [7, 11) is 1.52. The molecule has 0 saturated carbocycles. The van der Waals surface area contributed by atoms with E-state index in [1.54, 1.807) is 6.07 Å². The minimum absolute atomic E-state index is 0.0130. The van der Waals surface area contributed by atoms with Gasteiger partial charge in [-0.05, 0) is 35.6 Å². The second kappa shape index (κ2) is 8.12. The molecule has 3 rings (SSSR count). The maximum atomic E-state index is 14.6. The van der Waals surface area contributed by atoms with Crippen molar-refractivity contribution in [3.05, 3.63) is 57.1 Å². The first-order chi connectivity index (χ1) is 13.3. The molecule has 1 aromatic carbocycles. The summed E-state index contributed by atoms with van der Waals surface area (Å²) >= 11 is 0. The van der Waals surface area contributed by atoms with E-state index in [0.29, 0.717) is 12.0 Å². The van der Waals surface area contributed by atoms with Crippen molar-refractivity contribution in [3.63, 3.8) is 0 Å². The van der Waals surface area contributed by atoms with Crippen LogP contribution >= 0.6 is 0 Å². The van der Waals surface area contributed by atoms with Gasteiger partial charge in [-0.3, -0.25) is 19.0 Å². The molecule has 28 heavy (non-hydrogen) atoms. The molecule has 1 amide bonds. The molecule has 0 fully saturated rings. The molecule has 0 radical (unpaired) electrons. The van der Waals surface area contributed by atoms with Crippen LogP contribution in [0.5, 0.6) is 0 Å². The quantitative estimate of drug-likeness (QED) is 0.792. The van der Waals surface area contributed by atoms with Gasteiger partial charge in [-0.1, -0.05) is 19.9 Å². The van der Waals surface area contributed by atoms with Crippen LogP contribution in [-0.4, -0.2) is 40.4 Å². The molecule has 2 N–H and O–H groups in total. The van der Waals surface area contributed by atoms with Gasteiger partial charge in [0.1, 0.15) is 11.6 Å². The largest absolute Gasteiger partial charge is 0.394 e. The Balaban J connectivity index is 2.03. The highest BCUT2D eigenvalue weighted by Crippen LogP contribution is 2.29. The van der Waals surface area contributed by atoms with Gasteiger partial charge in [0.25, 0.3) is 11.5 Å². The Bertz CT molecular complexity index is 955. The van der Waals surface area contributed by atoms with E-state index >= 15 is 0 Å². The zero-order valence-electron chi connectivity index (χ0n) is 16.2. The molecule has 0 saturated heterocycles. The van der Waals surface area contributed by atoms with Gasteiger partial charge in [-0.2, -0.15) is 0 Å². The number of hydroxylamine groups is 2. The number of halogens is 1. The summed E-state index contributed by atoms with van der Waals surface area (Å²) in [4.78, 5) is 30.5. The molecule has 2 heterocycles. The third-order valence-corrected chi connectivity index (χ3v) is 4.80. The van der Waals surface area contributed by atoms with Crippen LogP contribution in [0.2, 0.25) is 0 Å². The molecule has 2 aromatic rings. The number of aliphatic hydroxyl groups is 1. The lowest BCUT2D eigenvalue weighted by Gasteiger charge is -2.29. The second-order valence-electron chi connectivity index (χ2n) is 7.02. The summed E-state index contributed by atoms with van der Waals surface area (Å²) in [6.45, 7) is 3.98. The molecule has 1 aliphatic heterocycles. The number of anilines is 2. The van der Waals surface area contributed by atoms with Gasteiger partial charge < -0.3 is 10.4 Å². The molecule has 0 unspecified atom stereocenters. The Kier molecular flexibility index (Phi) is 5.81. The summed E-state index contributed by atoms with van der Waals surface area (Å²) < 4.78 is 15.9. The van der Waals surface area contributed by atoms with Crippen molar-refractivity contribution in [3.8, 4) is 0 Å². The molecule has 7 nitrogen and oxygen atoms in total. The van der Waals surface area contributed by atoms with Crippen molar-refractivity contribution < 1.29 is 19.1 Å². The summed E-state index contributed by atoms with van der Waals surface area (Å²) in [5.74, 6) is -0.517. The monoisotopic (exact) mass is 389 g/mol. The van der Waals surface area contributed by atoms with Gasteiger partial charge >= 0.3 is 0 Å². The van der Waals surface area contributed by atoms with E-state index in [2.05, 4.69) is 5.32 Å². The number of rotatable bonds is 6. The average molecular weight is 389 g/mol. The SMILES string of the molecule is CC(C)c1ccc(Nc2c3c(cc(=O)n2C)CCN(OCCO)C3=O)c(F)c1. The van der Waals surface area contributed by atoms with Crippen LogP contribution in [0.25, 0.3) is 0 Å². The number of nitrogens with one attached hydrogen (secondary N) is 1. The van der Waals surface area contributed by atoms with E-state index in [1.165, 1.54) is 23.7 Å². The third-order valence-electron chi connectivity index (χ3n) is 4.80. The van der Waals surface area contributed by atoms with Crippen molar-refractivity contribution in [1.82, 2.24) is 9.63 Å². The predicted molar refractivity (Wildman–Crippen MR) is 103 cm³/mol. The zero-order chi connectivity index (χ0) is 20.4. The highest BCUT2D eigenvalue weighted by Gasteiger charge is 2.30. The number of nitrogens with zero attached hydrogens (tertiary/aromatic N) is 2.